The number of hydrogen-bond donors (Lipinski definition) is 0. The van der Waals surface area contributed by atoms with Crippen molar-refractivity contribution >= 4 is 5.91 Å². The smallest absolute Gasteiger partial charge is 0.256 e. The van der Waals surface area contributed by atoms with Crippen LogP contribution in [0.3, 0.4) is 0 Å². The summed E-state index contributed by atoms with van der Waals surface area (Å²) >= 11 is 0. The van der Waals surface area contributed by atoms with Crippen LogP contribution in [0.15, 0.2) is 18.2 Å². The van der Waals surface area contributed by atoms with Gasteiger partial charge < -0.3 is 4.90 Å². The van der Waals surface area contributed by atoms with Gasteiger partial charge in [0.25, 0.3) is 5.91 Å². The third-order valence-corrected chi connectivity index (χ3v) is 3.53. The lowest BCUT2D eigenvalue weighted by atomic mass is 9.99. The average Bonchev–Trinajstić information content (AvgIpc) is 2.39. The van der Waals surface area contributed by atoms with Gasteiger partial charge in [0.1, 0.15) is 5.82 Å². The van der Waals surface area contributed by atoms with Crippen LogP contribution in [0.5, 0.6) is 0 Å². The van der Waals surface area contributed by atoms with Gasteiger partial charge in [-0.3, -0.25) is 4.79 Å². The monoisotopic (exact) mass is 249 g/mol. The highest BCUT2D eigenvalue weighted by atomic mass is 19.1. The first-order valence-corrected chi connectivity index (χ1v) is 6.68. The summed E-state index contributed by atoms with van der Waals surface area (Å²) in [5.41, 5.74) is 1.24. The molecule has 1 heterocycles. The molecule has 2 rings (SSSR count). The lowest BCUT2D eigenvalue weighted by Crippen LogP contribution is -2.36. The second-order valence-corrected chi connectivity index (χ2v) is 5.25. The summed E-state index contributed by atoms with van der Waals surface area (Å²) < 4.78 is 13.8. The standard InChI is InChI=1S/C15H20FNO/c1-11(2)12-6-7-14(16)13(10-12)15(18)17-8-4-3-5-9-17/h6-7,10-11H,3-5,8-9H2,1-2H3. The maximum Gasteiger partial charge on any atom is 0.256 e. The van der Waals surface area contributed by atoms with Gasteiger partial charge in [-0.15, -0.1) is 0 Å². The van der Waals surface area contributed by atoms with Crippen molar-refractivity contribution in [3.05, 3.63) is 35.1 Å². The first kappa shape index (κ1) is 13.1. The molecule has 0 bridgehead atoms. The molecule has 0 aliphatic carbocycles. The Kier molecular flexibility index (Phi) is 4.00. The Morgan fingerprint density at radius 1 is 1.22 bits per heavy atom. The van der Waals surface area contributed by atoms with E-state index in [1.165, 1.54) is 6.07 Å². The van der Waals surface area contributed by atoms with E-state index in [-0.39, 0.29) is 11.5 Å². The Bertz CT molecular complexity index is 436. The van der Waals surface area contributed by atoms with Crippen molar-refractivity contribution in [2.24, 2.45) is 0 Å². The predicted molar refractivity (Wildman–Crippen MR) is 70.2 cm³/mol. The van der Waals surface area contributed by atoms with Gasteiger partial charge in [0.05, 0.1) is 5.56 Å². The van der Waals surface area contributed by atoms with E-state index in [0.717, 1.165) is 37.9 Å². The summed E-state index contributed by atoms with van der Waals surface area (Å²) in [6.07, 6.45) is 3.22. The fraction of sp³-hybridized carbons (Fsp3) is 0.533. The summed E-state index contributed by atoms with van der Waals surface area (Å²) in [6.45, 7) is 5.60. The topological polar surface area (TPSA) is 20.3 Å². The van der Waals surface area contributed by atoms with Crippen molar-refractivity contribution in [2.45, 2.75) is 39.0 Å². The number of hydrogen-bond acceptors (Lipinski definition) is 1. The Morgan fingerprint density at radius 2 is 1.89 bits per heavy atom. The zero-order valence-electron chi connectivity index (χ0n) is 11.1. The molecule has 0 saturated carbocycles. The molecule has 1 aromatic carbocycles. The molecule has 18 heavy (non-hydrogen) atoms. The van der Waals surface area contributed by atoms with Crippen molar-refractivity contribution in [1.82, 2.24) is 4.90 Å². The zero-order valence-corrected chi connectivity index (χ0v) is 11.1. The number of halogens is 1. The second-order valence-electron chi connectivity index (χ2n) is 5.25. The minimum Gasteiger partial charge on any atom is -0.339 e. The lowest BCUT2D eigenvalue weighted by molar-refractivity contribution is 0.0719. The minimum atomic E-state index is -0.407. The van der Waals surface area contributed by atoms with Crippen LogP contribution in [0.1, 0.15) is 54.9 Å². The summed E-state index contributed by atoms with van der Waals surface area (Å²) in [5.74, 6) is -0.261. The SMILES string of the molecule is CC(C)c1ccc(F)c(C(=O)N2CCCCC2)c1. The van der Waals surface area contributed by atoms with Crippen LogP contribution >= 0.6 is 0 Å². The molecule has 1 aliphatic rings. The van der Waals surface area contributed by atoms with Gasteiger partial charge in [0.15, 0.2) is 0 Å². The van der Waals surface area contributed by atoms with Crippen molar-refractivity contribution in [1.29, 1.82) is 0 Å². The number of carbonyl (C=O) groups excluding carboxylic acids is 1. The third-order valence-electron chi connectivity index (χ3n) is 3.53. The van der Waals surface area contributed by atoms with Gasteiger partial charge in [-0.2, -0.15) is 0 Å². The van der Waals surface area contributed by atoms with Gasteiger partial charge in [-0.25, -0.2) is 4.39 Å². The van der Waals surface area contributed by atoms with E-state index in [0.29, 0.717) is 5.92 Å². The second kappa shape index (κ2) is 5.51. The van der Waals surface area contributed by atoms with Gasteiger partial charge in [0.2, 0.25) is 0 Å². The number of carbonyl (C=O) groups is 1. The fourth-order valence-corrected chi connectivity index (χ4v) is 2.33. The Labute approximate surface area is 108 Å². The number of piperidine rings is 1. The number of amides is 1. The Hall–Kier alpha value is -1.38. The summed E-state index contributed by atoms with van der Waals surface area (Å²) in [4.78, 5) is 14.1. The summed E-state index contributed by atoms with van der Waals surface area (Å²) in [5, 5.41) is 0. The van der Waals surface area contributed by atoms with Gasteiger partial charge in [-0.05, 0) is 42.9 Å². The molecule has 0 radical (unpaired) electrons. The molecule has 1 aromatic rings. The van der Waals surface area contributed by atoms with Crippen molar-refractivity contribution in [2.75, 3.05) is 13.1 Å². The van der Waals surface area contributed by atoms with E-state index in [9.17, 15) is 9.18 Å². The molecule has 2 nitrogen and oxygen atoms in total. The molecule has 0 unspecified atom stereocenters. The molecule has 0 atom stereocenters. The molecule has 0 spiro atoms. The molecule has 98 valence electrons. The maximum atomic E-state index is 13.8. The molecule has 1 saturated heterocycles. The van der Waals surface area contributed by atoms with Crippen molar-refractivity contribution < 1.29 is 9.18 Å². The van der Waals surface area contributed by atoms with Gasteiger partial charge in [0, 0.05) is 13.1 Å². The molecule has 1 aliphatic heterocycles. The Balaban J connectivity index is 2.25. The van der Waals surface area contributed by atoms with E-state index in [1.54, 1.807) is 17.0 Å². The number of likely N-dealkylation sites (tertiary alicyclic amines) is 1. The van der Waals surface area contributed by atoms with Crippen LogP contribution in [0.25, 0.3) is 0 Å². The largest absolute Gasteiger partial charge is 0.339 e. The van der Waals surface area contributed by atoms with E-state index in [2.05, 4.69) is 0 Å². The van der Waals surface area contributed by atoms with Gasteiger partial charge >= 0.3 is 0 Å². The van der Waals surface area contributed by atoms with E-state index >= 15 is 0 Å². The lowest BCUT2D eigenvalue weighted by Gasteiger charge is -2.27. The molecule has 0 N–H and O–H groups in total. The fourth-order valence-electron chi connectivity index (χ4n) is 2.33. The van der Waals surface area contributed by atoms with Crippen LogP contribution in [0, 0.1) is 5.82 Å². The number of rotatable bonds is 2. The maximum absolute atomic E-state index is 13.8. The van der Waals surface area contributed by atoms with E-state index in [4.69, 9.17) is 0 Å². The number of nitrogens with zero attached hydrogens (tertiary/aromatic N) is 1. The van der Waals surface area contributed by atoms with Crippen molar-refractivity contribution in [3.8, 4) is 0 Å². The van der Waals surface area contributed by atoms with Crippen molar-refractivity contribution in [3.63, 3.8) is 0 Å². The highest BCUT2D eigenvalue weighted by Crippen LogP contribution is 2.21. The quantitative estimate of drug-likeness (QED) is 0.784. The van der Waals surface area contributed by atoms with Crippen LogP contribution in [0.4, 0.5) is 4.39 Å². The van der Waals surface area contributed by atoms with E-state index < -0.39 is 5.82 Å². The highest BCUT2D eigenvalue weighted by molar-refractivity contribution is 5.94. The number of benzene rings is 1. The van der Waals surface area contributed by atoms with Crippen LogP contribution in [0.2, 0.25) is 0 Å². The minimum absolute atomic E-state index is 0.158. The third kappa shape index (κ3) is 2.71. The van der Waals surface area contributed by atoms with Crippen LogP contribution in [-0.2, 0) is 0 Å². The summed E-state index contributed by atoms with van der Waals surface area (Å²) in [7, 11) is 0. The molecular formula is C15H20FNO. The molecule has 1 amide bonds. The van der Waals surface area contributed by atoms with Crippen LogP contribution < -0.4 is 0 Å². The predicted octanol–water partition coefficient (Wildman–Crippen LogP) is 3.58. The molecule has 0 aromatic heterocycles. The zero-order chi connectivity index (χ0) is 13.1. The van der Waals surface area contributed by atoms with Crippen LogP contribution in [-0.4, -0.2) is 23.9 Å². The first-order valence-electron chi connectivity index (χ1n) is 6.68. The molecule has 1 fully saturated rings. The Morgan fingerprint density at radius 3 is 2.50 bits per heavy atom. The molecular weight excluding hydrogens is 229 g/mol. The first-order chi connectivity index (χ1) is 8.59. The van der Waals surface area contributed by atoms with Gasteiger partial charge in [-0.1, -0.05) is 19.9 Å². The normalized spacial score (nSPS) is 16.1. The average molecular weight is 249 g/mol. The van der Waals surface area contributed by atoms with E-state index in [1.807, 2.05) is 13.8 Å². The summed E-state index contributed by atoms with van der Waals surface area (Å²) in [6, 6.07) is 4.87. The highest BCUT2D eigenvalue weighted by Gasteiger charge is 2.21. The molecule has 3 heteroatoms.